The molecule has 86 valence electrons. The summed E-state index contributed by atoms with van der Waals surface area (Å²) in [6.07, 6.45) is 5.24. The maximum Gasteiger partial charge on any atom is 0.0987 e. The summed E-state index contributed by atoms with van der Waals surface area (Å²) < 4.78 is 1.88. The first-order valence-corrected chi connectivity index (χ1v) is 5.65. The number of aromatic nitrogens is 2. The molecule has 0 aliphatic rings. The molecule has 3 nitrogen and oxygen atoms in total. The first kappa shape index (κ1) is 11.7. The van der Waals surface area contributed by atoms with Gasteiger partial charge in [0.25, 0.3) is 0 Å². The number of nitrogens with zero attached hydrogens (tertiary/aromatic N) is 3. The van der Waals surface area contributed by atoms with Gasteiger partial charge in [0.15, 0.2) is 0 Å². The van der Waals surface area contributed by atoms with Gasteiger partial charge in [0.1, 0.15) is 0 Å². The monoisotopic (exact) mass is 245 g/mol. The molecule has 0 bridgehead atoms. The molecule has 0 fully saturated rings. The summed E-state index contributed by atoms with van der Waals surface area (Å²) in [6.45, 7) is 2.42. The topological polar surface area (TPSA) is 41.6 Å². The Morgan fingerprint density at radius 2 is 2.24 bits per heavy atom. The van der Waals surface area contributed by atoms with Gasteiger partial charge in [-0.3, -0.25) is 0 Å². The molecule has 2 rings (SSSR count). The lowest BCUT2D eigenvalue weighted by molar-refractivity contribution is 0.496. The van der Waals surface area contributed by atoms with Crippen molar-refractivity contribution in [1.82, 2.24) is 9.55 Å². The van der Waals surface area contributed by atoms with Crippen LogP contribution < -0.4 is 0 Å². The van der Waals surface area contributed by atoms with Crippen LogP contribution in [0, 0.1) is 11.3 Å². The quantitative estimate of drug-likeness (QED) is 0.834. The Labute approximate surface area is 105 Å². The highest BCUT2D eigenvalue weighted by molar-refractivity contribution is 6.31. The molecule has 17 heavy (non-hydrogen) atoms. The minimum absolute atomic E-state index is 0.535. The zero-order valence-electron chi connectivity index (χ0n) is 9.47. The van der Waals surface area contributed by atoms with Crippen molar-refractivity contribution >= 4 is 11.6 Å². The Morgan fingerprint density at radius 3 is 2.82 bits per heavy atom. The first-order chi connectivity index (χ1) is 8.15. The van der Waals surface area contributed by atoms with E-state index in [0.29, 0.717) is 11.6 Å². The van der Waals surface area contributed by atoms with Crippen molar-refractivity contribution in [2.75, 3.05) is 0 Å². The lowest BCUT2D eigenvalue weighted by Gasteiger charge is -2.23. The van der Waals surface area contributed by atoms with Crippen LogP contribution in [-0.4, -0.2) is 9.55 Å². The molecule has 0 N–H and O–H groups in total. The van der Waals surface area contributed by atoms with E-state index in [0.717, 1.165) is 5.56 Å². The molecule has 1 atom stereocenters. The van der Waals surface area contributed by atoms with Crippen molar-refractivity contribution in [1.29, 1.82) is 5.26 Å². The van der Waals surface area contributed by atoms with E-state index in [1.807, 2.05) is 35.9 Å². The summed E-state index contributed by atoms with van der Waals surface area (Å²) in [4.78, 5) is 3.98. The molecule has 0 radical (unpaired) electrons. The van der Waals surface area contributed by atoms with Crippen molar-refractivity contribution in [2.45, 2.75) is 18.9 Å². The van der Waals surface area contributed by atoms with Gasteiger partial charge in [0, 0.05) is 24.0 Å². The van der Waals surface area contributed by atoms with Gasteiger partial charge in [-0.1, -0.05) is 29.8 Å². The summed E-state index contributed by atoms with van der Waals surface area (Å²) in [5.41, 5.74) is 0.192. The Morgan fingerprint density at radius 1 is 1.47 bits per heavy atom. The Hall–Kier alpha value is -1.79. The molecule has 1 aromatic heterocycles. The van der Waals surface area contributed by atoms with Gasteiger partial charge in [-0.2, -0.15) is 5.26 Å². The number of hydrogen-bond donors (Lipinski definition) is 0. The second-order valence-corrected chi connectivity index (χ2v) is 4.57. The van der Waals surface area contributed by atoms with E-state index in [2.05, 4.69) is 11.1 Å². The summed E-state index contributed by atoms with van der Waals surface area (Å²) in [7, 11) is 0. The molecular formula is C13H12ClN3. The summed E-state index contributed by atoms with van der Waals surface area (Å²) in [5.74, 6) is 0. The second kappa shape index (κ2) is 4.60. The highest BCUT2D eigenvalue weighted by atomic mass is 35.5. The van der Waals surface area contributed by atoms with E-state index in [4.69, 9.17) is 11.6 Å². The van der Waals surface area contributed by atoms with Crippen LogP contribution in [0.2, 0.25) is 5.02 Å². The highest BCUT2D eigenvalue weighted by Crippen LogP contribution is 2.30. The van der Waals surface area contributed by atoms with Crippen LogP contribution in [0.1, 0.15) is 12.5 Å². The molecule has 1 aromatic carbocycles. The van der Waals surface area contributed by atoms with Gasteiger partial charge < -0.3 is 4.57 Å². The van der Waals surface area contributed by atoms with Gasteiger partial charge in [0.2, 0.25) is 0 Å². The first-order valence-electron chi connectivity index (χ1n) is 5.28. The average Bonchev–Trinajstić information content (AvgIpc) is 2.82. The average molecular weight is 246 g/mol. The predicted octanol–water partition coefficient (Wildman–Crippen LogP) is 3.02. The Kier molecular flexibility index (Phi) is 3.16. The molecule has 0 aliphatic carbocycles. The number of hydrogen-bond acceptors (Lipinski definition) is 2. The zero-order chi connectivity index (χ0) is 12.3. The van der Waals surface area contributed by atoms with Gasteiger partial charge in [-0.05, 0) is 18.6 Å². The standard InChI is InChI=1S/C13H12ClN3/c1-13(8-15,9-17-7-6-16-10-17)11-4-2-3-5-12(11)14/h2-7,10H,9H2,1H3. The predicted molar refractivity (Wildman–Crippen MR) is 66.6 cm³/mol. The van der Waals surface area contributed by atoms with Crippen molar-refractivity contribution in [2.24, 2.45) is 0 Å². The van der Waals surface area contributed by atoms with E-state index in [-0.39, 0.29) is 0 Å². The smallest absolute Gasteiger partial charge is 0.0987 e. The molecule has 0 spiro atoms. The summed E-state index contributed by atoms with van der Waals surface area (Å²) in [6, 6.07) is 9.79. The largest absolute Gasteiger partial charge is 0.336 e. The van der Waals surface area contributed by atoms with Crippen LogP contribution in [0.4, 0.5) is 0 Å². The van der Waals surface area contributed by atoms with Crippen molar-refractivity contribution in [3.05, 3.63) is 53.6 Å². The maximum absolute atomic E-state index is 9.42. The number of rotatable bonds is 3. The molecule has 1 unspecified atom stereocenters. The number of nitriles is 1. The Bertz CT molecular complexity index is 542. The number of imidazole rings is 1. The molecule has 4 heteroatoms. The SMILES string of the molecule is CC(C#N)(Cn1ccnc1)c1ccccc1Cl. The summed E-state index contributed by atoms with van der Waals surface area (Å²) in [5, 5.41) is 10.0. The van der Waals surface area contributed by atoms with Gasteiger partial charge in [-0.15, -0.1) is 0 Å². The fourth-order valence-electron chi connectivity index (χ4n) is 1.83. The van der Waals surface area contributed by atoms with E-state index < -0.39 is 5.41 Å². The fourth-order valence-corrected chi connectivity index (χ4v) is 2.18. The highest BCUT2D eigenvalue weighted by Gasteiger charge is 2.29. The van der Waals surface area contributed by atoms with Crippen molar-refractivity contribution in [3.63, 3.8) is 0 Å². The minimum atomic E-state index is -0.654. The molecular weight excluding hydrogens is 234 g/mol. The van der Waals surface area contributed by atoms with Crippen LogP contribution in [-0.2, 0) is 12.0 Å². The normalized spacial score (nSPS) is 13.9. The molecule has 1 heterocycles. The molecule has 0 saturated carbocycles. The third kappa shape index (κ3) is 2.32. The van der Waals surface area contributed by atoms with E-state index >= 15 is 0 Å². The van der Waals surface area contributed by atoms with Gasteiger partial charge in [0.05, 0.1) is 17.8 Å². The lowest BCUT2D eigenvalue weighted by Crippen LogP contribution is -2.26. The van der Waals surface area contributed by atoms with E-state index in [9.17, 15) is 5.26 Å². The molecule has 2 aromatic rings. The van der Waals surface area contributed by atoms with Crippen molar-refractivity contribution in [3.8, 4) is 6.07 Å². The van der Waals surface area contributed by atoms with E-state index in [1.54, 1.807) is 18.6 Å². The zero-order valence-corrected chi connectivity index (χ0v) is 10.2. The molecule has 0 aliphatic heterocycles. The number of halogens is 1. The maximum atomic E-state index is 9.42. The van der Waals surface area contributed by atoms with Crippen molar-refractivity contribution < 1.29 is 0 Å². The van der Waals surface area contributed by atoms with Crippen LogP contribution in [0.5, 0.6) is 0 Å². The van der Waals surface area contributed by atoms with Crippen LogP contribution in [0.15, 0.2) is 43.0 Å². The third-order valence-corrected chi connectivity index (χ3v) is 3.10. The van der Waals surface area contributed by atoms with Crippen LogP contribution in [0.25, 0.3) is 0 Å². The second-order valence-electron chi connectivity index (χ2n) is 4.16. The fraction of sp³-hybridized carbons (Fsp3) is 0.231. The molecule has 0 amide bonds. The van der Waals surface area contributed by atoms with Crippen LogP contribution >= 0.6 is 11.6 Å². The van der Waals surface area contributed by atoms with E-state index in [1.165, 1.54) is 0 Å². The minimum Gasteiger partial charge on any atom is -0.336 e. The molecule has 0 saturated heterocycles. The van der Waals surface area contributed by atoms with Crippen LogP contribution in [0.3, 0.4) is 0 Å². The van der Waals surface area contributed by atoms with Gasteiger partial charge in [-0.25, -0.2) is 4.98 Å². The summed E-state index contributed by atoms with van der Waals surface area (Å²) >= 11 is 6.15. The Balaban J connectivity index is 2.39. The lowest BCUT2D eigenvalue weighted by atomic mass is 9.84. The van der Waals surface area contributed by atoms with Gasteiger partial charge >= 0.3 is 0 Å². The third-order valence-electron chi connectivity index (χ3n) is 2.77. The number of benzene rings is 1.